The van der Waals surface area contributed by atoms with Gasteiger partial charge in [0.1, 0.15) is 5.82 Å². The van der Waals surface area contributed by atoms with E-state index in [2.05, 4.69) is 51.5 Å². The van der Waals surface area contributed by atoms with Gasteiger partial charge in [-0.1, -0.05) is 42.5 Å². The molecule has 2 aromatic carbocycles. The zero-order valence-corrected chi connectivity index (χ0v) is 14.4. The number of aromatic amines is 1. The van der Waals surface area contributed by atoms with Crippen molar-refractivity contribution in [3.05, 3.63) is 65.5 Å². The van der Waals surface area contributed by atoms with Gasteiger partial charge in [-0.25, -0.2) is 9.98 Å². The Morgan fingerprint density at radius 2 is 1.92 bits per heavy atom. The maximum atomic E-state index is 4.67. The Morgan fingerprint density at radius 1 is 1.12 bits per heavy atom. The standard InChI is InChI=1S/C19H23N5/c1-14-8-7-11-16-18(14)23-17(22-16)13-21-19(24(2)3)20-12-15-9-5-4-6-10-15/h4-11H,12-13H2,1-3H3,(H,20,21)(H,22,23). The first-order valence-corrected chi connectivity index (χ1v) is 8.07. The van der Waals surface area contributed by atoms with Crippen LogP contribution < -0.4 is 5.32 Å². The van der Waals surface area contributed by atoms with Crippen LogP contribution in [-0.4, -0.2) is 34.9 Å². The monoisotopic (exact) mass is 321 g/mol. The molecule has 5 nitrogen and oxygen atoms in total. The van der Waals surface area contributed by atoms with Gasteiger partial charge in [0.15, 0.2) is 5.96 Å². The summed E-state index contributed by atoms with van der Waals surface area (Å²) in [5.74, 6) is 1.75. The number of H-pyrrole nitrogens is 1. The van der Waals surface area contributed by atoms with Crippen molar-refractivity contribution in [2.75, 3.05) is 14.1 Å². The van der Waals surface area contributed by atoms with Gasteiger partial charge < -0.3 is 15.2 Å². The molecule has 0 fully saturated rings. The predicted molar refractivity (Wildman–Crippen MR) is 98.9 cm³/mol. The largest absolute Gasteiger partial charge is 0.349 e. The van der Waals surface area contributed by atoms with Gasteiger partial charge in [-0.2, -0.15) is 0 Å². The van der Waals surface area contributed by atoms with Crippen molar-refractivity contribution in [1.82, 2.24) is 20.2 Å². The van der Waals surface area contributed by atoms with E-state index in [1.165, 1.54) is 11.1 Å². The average Bonchev–Trinajstić information content (AvgIpc) is 3.00. The van der Waals surface area contributed by atoms with E-state index in [-0.39, 0.29) is 0 Å². The van der Waals surface area contributed by atoms with Crippen LogP contribution in [0.5, 0.6) is 0 Å². The molecule has 2 N–H and O–H groups in total. The maximum Gasteiger partial charge on any atom is 0.194 e. The number of nitrogens with zero attached hydrogens (tertiary/aromatic N) is 3. The summed E-state index contributed by atoms with van der Waals surface area (Å²) in [4.78, 5) is 14.7. The molecule has 0 saturated heterocycles. The lowest BCUT2D eigenvalue weighted by Gasteiger charge is -2.17. The molecule has 0 aliphatic rings. The summed E-state index contributed by atoms with van der Waals surface area (Å²) in [6, 6.07) is 16.4. The molecule has 0 aliphatic carbocycles. The molecular formula is C19H23N5. The first-order valence-electron chi connectivity index (χ1n) is 8.07. The van der Waals surface area contributed by atoms with E-state index in [4.69, 9.17) is 0 Å². The molecule has 3 aromatic rings. The minimum atomic E-state index is 0.611. The molecule has 5 heteroatoms. The molecular weight excluding hydrogens is 298 g/mol. The molecule has 0 saturated carbocycles. The molecule has 1 aromatic heterocycles. The number of rotatable bonds is 4. The van der Waals surface area contributed by atoms with E-state index in [9.17, 15) is 0 Å². The van der Waals surface area contributed by atoms with Gasteiger partial charge in [0.2, 0.25) is 0 Å². The van der Waals surface area contributed by atoms with Gasteiger partial charge in [-0.05, 0) is 24.1 Å². The van der Waals surface area contributed by atoms with Crippen LogP contribution in [0.2, 0.25) is 0 Å². The molecule has 0 amide bonds. The fourth-order valence-corrected chi connectivity index (χ4v) is 2.58. The van der Waals surface area contributed by atoms with Crippen LogP contribution in [-0.2, 0) is 13.1 Å². The quantitative estimate of drug-likeness (QED) is 0.573. The SMILES string of the molecule is Cc1cccc2[nH]c(CNC(=NCc3ccccc3)N(C)C)nc12. The van der Waals surface area contributed by atoms with E-state index in [1.807, 2.05) is 43.3 Å². The van der Waals surface area contributed by atoms with Crippen LogP contribution >= 0.6 is 0 Å². The van der Waals surface area contributed by atoms with Crippen LogP contribution in [0, 0.1) is 6.92 Å². The van der Waals surface area contributed by atoms with Crippen LogP contribution in [0.4, 0.5) is 0 Å². The summed E-state index contributed by atoms with van der Waals surface area (Å²) in [5.41, 5.74) is 4.47. The molecule has 24 heavy (non-hydrogen) atoms. The summed E-state index contributed by atoms with van der Waals surface area (Å²) in [6.07, 6.45) is 0. The fourth-order valence-electron chi connectivity index (χ4n) is 2.58. The lowest BCUT2D eigenvalue weighted by atomic mass is 10.2. The van der Waals surface area contributed by atoms with Crippen molar-refractivity contribution in [3.8, 4) is 0 Å². The lowest BCUT2D eigenvalue weighted by molar-refractivity contribution is 0.576. The minimum absolute atomic E-state index is 0.611. The van der Waals surface area contributed by atoms with Crippen LogP contribution in [0.3, 0.4) is 0 Å². The van der Waals surface area contributed by atoms with Gasteiger partial charge in [0.25, 0.3) is 0 Å². The van der Waals surface area contributed by atoms with Crippen molar-refractivity contribution in [2.45, 2.75) is 20.0 Å². The summed E-state index contributed by atoms with van der Waals surface area (Å²) >= 11 is 0. The van der Waals surface area contributed by atoms with E-state index >= 15 is 0 Å². The van der Waals surface area contributed by atoms with Gasteiger partial charge in [-0.3, -0.25) is 0 Å². The van der Waals surface area contributed by atoms with Gasteiger partial charge in [-0.15, -0.1) is 0 Å². The third-order valence-electron chi connectivity index (χ3n) is 3.86. The van der Waals surface area contributed by atoms with Gasteiger partial charge >= 0.3 is 0 Å². The number of benzene rings is 2. The highest BCUT2D eigenvalue weighted by atomic mass is 15.3. The Kier molecular flexibility index (Phi) is 4.79. The first kappa shape index (κ1) is 16.1. The van der Waals surface area contributed by atoms with E-state index < -0.39 is 0 Å². The number of aryl methyl sites for hydroxylation is 1. The topological polar surface area (TPSA) is 56.3 Å². The molecule has 0 unspecified atom stereocenters. The second-order valence-corrected chi connectivity index (χ2v) is 6.03. The number of nitrogens with one attached hydrogen (secondary N) is 2. The predicted octanol–water partition coefficient (Wildman–Crippen LogP) is 3.08. The summed E-state index contributed by atoms with van der Waals surface area (Å²) in [5, 5.41) is 3.37. The first-order chi connectivity index (χ1) is 11.6. The van der Waals surface area contributed by atoms with Crippen LogP contribution in [0.25, 0.3) is 11.0 Å². The number of hydrogen-bond donors (Lipinski definition) is 2. The van der Waals surface area contributed by atoms with Crippen molar-refractivity contribution in [3.63, 3.8) is 0 Å². The molecule has 0 radical (unpaired) electrons. The number of fused-ring (bicyclic) bond motifs is 1. The normalized spacial score (nSPS) is 11.7. The van der Waals surface area contributed by atoms with E-state index in [0.717, 1.165) is 22.8 Å². The second-order valence-electron chi connectivity index (χ2n) is 6.03. The molecule has 0 spiro atoms. The second kappa shape index (κ2) is 7.17. The Balaban J connectivity index is 1.70. The molecule has 1 heterocycles. The average molecular weight is 321 g/mol. The lowest BCUT2D eigenvalue weighted by Crippen LogP contribution is -2.36. The zero-order chi connectivity index (χ0) is 16.9. The van der Waals surface area contributed by atoms with E-state index in [1.54, 1.807) is 0 Å². The Labute approximate surface area is 142 Å². The van der Waals surface area contributed by atoms with Crippen LogP contribution in [0.1, 0.15) is 17.0 Å². The fraction of sp³-hybridized carbons (Fsp3) is 0.263. The zero-order valence-electron chi connectivity index (χ0n) is 14.4. The third kappa shape index (κ3) is 3.74. The van der Waals surface area contributed by atoms with Crippen molar-refractivity contribution in [2.24, 2.45) is 4.99 Å². The number of hydrogen-bond acceptors (Lipinski definition) is 2. The van der Waals surface area contributed by atoms with Crippen molar-refractivity contribution < 1.29 is 0 Å². The molecule has 124 valence electrons. The molecule has 3 rings (SSSR count). The van der Waals surface area contributed by atoms with E-state index in [0.29, 0.717) is 13.1 Å². The number of imidazole rings is 1. The summed E-state index contributed by atoms with van der Waals surface area (Å²) in [6.45, 7) is 3.34. The highest BCUT2D eigenvalue weighted by Crippen LogP contribution is 2.15. The van der Waals surface area contributed by atoms with Gasteiger partial charge in [0.05, 0.1) is 24.1 Å². The van der Waals surface area contributed by atoms with Crippen molar-refractivity contribution >= 4 is 17.0 Å². The summed E-state index contributed by atoms with van der Waals surface area (Å²) < 4.78 is 0. The van der Waals surface area contributed by atoms with Crippen LogP contribution in [0.15, 0.2) is 53.5 Å². The maximum absolute atomic E-state index is 4.67. The van der Waals surface area contributed by atoms with Gasteiger partial charge in [0, 0.05) is 14.1 Å². The number of guanidine groups is 1. The highest BCUT2D eigenvalue weighted by molar-refractivity contribution is 5.80. The van der Waals surface area contributed by atoms with Crippen molar-refractivity contribution in [1.29, 1.82) is 0 Å². The number of aromatic nitrogens is 2. The summed E-state index contributed by atoms with van der Waals surface area (Å²) in [7, 11) is 3.97. The highest BCUT2D eigenvalue weighted by Gasteiger charge is 2.07. The number of aliphatic imine (C=N–C) groups is 1. The third-order valence-corrected chi connectivity index (χ3v) is 3.86. The Morgan fingerprint density at radius 3 is 2.62 bits per heavy atom. The Hall–Kier alpha value is -2.82. The smallest absolute Gasteiger partial charge is 0.194 e. The molecule has 0 aliphatic heterocycles. The molecule has 0 atom stereocenters. The minimum Gasteiger partial charge on any atom is -0.349 e. The Bertz CT molecular complexity index is 833. The number of para-hydroxylation sites is 1. The molecule has 0 bridgehead atoms.